The van der Waals surface area contributed by atoms with E-state index in [1.54, 1.807) is 19.2 Å². The fourth-order valence-electron chi connectivity index (χ4n) is 1.23. The van der Waals surface area contributed by atoms with Crippen molar-refractivity contribution in [2.45, 2.75) is 12.7 Å². The summed E-state index contributed by atoms with van der Waals surface area (Å²) in [5.41, 5.74) is 6.94. The molecule has 1 aromatic rings. The van der Waals surface area contributed by atoms with Gasteiger partial charge in [-0.15, -0.1) is 0 Å². The molecule has 0 radical (unpaired) electrons. The number of benzene rings is 1. The monoisotopic (exact) mass is 293 g/mol. The van der Waals surface area contributed by atoms with Crippen LogP contribution >= 0.6 is 27.5 Å². The molecule has 15 heavy (non-hydrogen) atoms. The molecule has 0 heterocycles. The highest BCUT2D eigenvalue weighted by Gasteiger charge is 2.12. The first-order chi connectivity index (χ1) is 7.10. The molecular formula is C10H13BrClNO2. The smallest absolute Gasteiger partial charge is 0.0913 e. The van der Waals surface area contributed by atoms with E-state index in [1.165, 1.54) is 0 Å². The lowest BCUT2D eigenvalue weighted by Gasteiger charge is -2.12. The van der Waals surface area contributed by atoms with Gasteiger partial charge in [0.1, 0.15) is 0 Å². The summed E-state index contributed by atoms with van der Waals surface area (Å²) in [5, 5.41) is 10.1. The molecule has 0 aliphatic heterocycles. The van der Waals surface area contributed by atoms with Crippen LogP contribution in [-0.4, -0.2) is 18.8 Å². The number of nitrogens with two attached hydrogens (primary N) is 1. The van der Waals surface area contributed by atoms with Gasteiger partial charge in [-0.05, 0) is 17.7 Å². The van der Waals surface area contributed by atoms with E-state index < -0.39 is 6.10 Å². The molecule has 1 unspecified atom stereocenters. The van der Waals surface area contributed by atoms with Crippen LogP contribution in [0.3, 0.4) is 0 Å². The summed E-state index contributed by atoms with van der Waals surface area (Å²) in [5.74, 6) is 0. The van der Waals surface area contributed by atoms with Crippen LogP contribution in [0.1, 0.15) is 17.2 Å². The second kappa shape index (κ2) is 5.82. The van der Waals surface area contributed by atoms with Crippen LogP contribution in [0.5, 0.6) is 0 Å². The lowest BCUT2D eigenvalue weighted by atomic mass is 10.1. The van der Waals surface area contributed by atoms with Crippen molar-refractivity contribution >= 4 is 27.5 Å². The lowest BCUT2D eigenvalue weighted by Crippen LogP contribution is -2.11. The molecule has 0 fully saturated rings. The van der Waals surface area contributed by atoms with Crippen LogP contribution in [0.25, 0.3) is 0 Å². The first kappa shape index (κ1) is 12.9. The third-order valence-electron chi connectivity index (χ3n) is 2.06. The summed E-state index contributed by atoms with van der Waals surface area (Å²) in [6.45, 7) is 0.602. The Morgan fingerprint density at radius 2 is 2.27 bits per heavy atom. The molecule has 0 aromatic heterocycles. The van der Waals surface area contributed by atoms with Crippen molar-refractivity contribution in [3.63, 3.8) is 0 Å². The minimum atomic E-state index is -0.685. The number of ether oxygens (including phenoxy) is 1. The van der Waals surface area contributed by atoms with Gasteiger partial charge in [-0.1, -0.05) is 27.5 Å². The topological polar surface area (TPSA) is 55.5 Å². The predicted octanol–water partition coefficient (Wildman–Crippen LogP) is 2.24. The summed E-state index contributed by atoms with van der Waals surface area (Å²) in [4.78, 5) is 0. The van der Waals surface area contributed by atoms with Crippen molar-refractivity contribution in [2.24, 2.45) is 5.73 Å². The van der Waals surface area contributed by atoms with Crippen molar-refractivity contribution in [1.82, 2.24) is 0 Å². The molecule has 0 saturated carbocycles. The minimum Gasteiger partial charge on any atom is -0.387 e. The summed E-state index contributed by atoms with van der Waals surface area (Å²) >= 11 is 9.43. The molecule has 1 aromatic carbocycles. The third-order valence-corrected chi connectivity index (χ3v) is 3.10. The lowest BCUT2D eigenvalue weighted by molar-refractivity contribution is 0.182. The number of rotatable bonds is 4. The number of methoxy groups -OCH3 is 1. The van der Waals surface area contributed by atoms with Gasteiger partial charge in [-0.3, -0.25) is 0 Å². The van der Waals surface area contributed by atoms with Gasteiger partial charge in [-0.25, -0.2) is 0 Å². The number of hydrogen-bond donors (Lipinski definition) is 2. The third kappa shape index (κ3) is 3.16. The van der Waals surface area contributed by atoms with Gasteiger partial charge in [0, 0.05) is 28.7 Å². The molecule has 3 N–H and O–H groups in total. The quantitative estimate of drug-likeness (QED) is 0.895. The van der Waals surface area contributed by atoms with Gasteiger partial charge < -0.3 is 15.6 Å². The summed E-state index contributed by atoms with van der Waals surface area (Å²) in [6, 6.07) is 3.51. The first-order valence-corrected chi connectivity index (χ1v) is 5.62. The van der Waals surface area contributed by atoms with Crippen LogP contribution in [0, 0.1) is 0 Å². The van der Waals surface area contributed by atoms with Gasteiger partial charge in [0.25, 0.3) is 0 Å². The summed E-state index contributed by atoms with van der Waals surface area (Å²) in [6.07, 6.45) is -0.685. The highest BCUT2D eigenvalue weighted by molar-refractivity contribution is 9.10. The molecule has 1 atom stereocenters. The first-order valence-electron chi connectivity index (χ1n) is 4.45. The Hall–Kier alpha value is -0.130. The van der Waals surface area contributed by atoms with Crippen molar-refractivity contribution in [3.05, 3.63) is 32.8 Å². The van der Waals surface area contributed by atoms with Crippen molar-refractivity contribution < 1.29 is 9.84 Å². The Morgan fingerprint density at radius 3 is 2.73 bits per heavy atom. The fourth-order valence-corrected chi connectivity index (χ4v) is 2.22. The van der Waals surface area contributed by atoms with Crippen LogP contribution < -0.4 is 5.73 Å². The molecular weight excluding hydrogens is 281 g/mol. The van der Waals surface area contributed by atoms with E-state index in [0.29, 0.717) is 17.2 Å². The molecule has 0 aliphatic rings. The zero-order valence-electron chi connectivity index (χ0n) is 8.34. The molecule has 1 rings (SSSR count). The maximum atomic E-state index is 9.56. The number of hydrogen-bond acceptors (Lipinski definition) is 3. The number of aliphatic hydroxyl groups excluding tert-OH is 1. The molecule has 5 heteroatoms. The van der Waals surface area contributed by atoms with Crippen molar-refractivity contribution in [2.75, 3.05) is 13.7 Å². The Balaban J connectivity index is 3.07. The summed E-state index contributed by atoms with van der Waals surface area (Å²) < 4.78 is 5.83. The average molecular weight is 295 g/mol. The predicted molar refractivity (Wildman–Crippen MR) is 63.9 cm³/mol. The van der Waals surface area contributed by atoms with E-state index in [2.05, 4.69) is 15.9 Å². The molecule has 3 nitrogen and oxygen atoms in total. The van der Waals surface area contributed by atoms with E-state index in [9.17, 15) is 5.11 Å². The highest BCUT2D eigenvalue weighted by atomic mass is 79.9. The maximum absolute atomic E-state index is 9.56. The Morgan fingerprint density at radius 1 is 1.60 bits per heavy atom. The highest BCUT2D eigenvalue weighted by Crippen LogP contribution is 2.29. The van der Waals surface area contributed by atoms with Crippen LogP contribution in [-0.2, 0) is 11.3 Å². The average Bonchev–Trinajstić information content (AvgIpc) is 2.22. The normalized spacial score (nSPS) is 12.9. The standard InChI is InChI=1S/C10H13BrClNO2/c1-15-5-7-8(11)2-6(3-9(7)12)10(14)4-13/h2-3,10,14H,4-5,13H2,1H3. The van der Waals surface area contributed by atoms with Gasteiger partial charge in [0.05, 0.1) is 12.7 Å². The molecule has 0 saturated heterocycles. The largest absolute Gasteiger partial charge is 0.387 e. The minimum absolute atomic E-state index is 0.173. The molecule has 84 valence electrons. The van der Waals surface area contributed by atoms with Crippen LogP contribution in [0.2, 0.25) is 5.02 Å². The second-order valence-electron chi connectivity index (χ2n) is 3.15. The van der Waals surface area contributed by atoms with Crippen molar-refractivity contribution in [1.29, 1.82) is 0 Å². The molecule has 0 spiro atoms. The zero-order chi connectivity index (χ0) is 11.4. The fraction of sp³-hybridized carbons (Fsp3) is 0.400. The van der Waals surface area contributed by atoms with E-state index in [4.69, 9.17) is 22.1 Å². The molecule has 0 amide bonds. The van der Waals surface area contributed by atoms with E-state index in [-0.39, 0.29) is 6.54 Å². The van der Waals surface area contributed by atoms with Gasteiger partial charge in [-0.2, -0.15) is 0 Å². The second-order valence-corrected chi connectivity index (χ2v) is 4.41. The molecule has 0 aliphatic carbocycles. The van der Waals surface area contributed by atoms with Crippen LogP contribution in [0.15, 0.2) is 16.6 Å². The van der Waals surface area contributed by atoms with Crippen molar-refractivity contribution in [3.8, 4) is 0 Å². The number of halogens is 2. The Kier molecular flexibility index (Phi) is 5.02. The maximum Gasteiger partial charge on any atom is 0.0913 e. The Bertz CT molecular complexity index is 323. The zero-order valence-corrected chi connectivity index (χ0v) is 10.7. The van der Waals surface area contributed by atoms with E-state index in [1.807, 2.05) is 0 Å². The SMILES string of the molecule is COCc1c(Cl)cc(C(O)CN)cc1Br. The van der Waals surface area contributed by atoms with Gasteiger partial charge >= 0.3 is 0 Å². The van der Waals surface area contributed by atoms with Crippen LogP contribution in [0.4, 0.5) is 0 Å². The van der Waals surface area contributed by atoms with E-state index >= 15 is 0 Å². The Labute approximate surface area is 102 Å². The van der Waals surface area contributed by atoms with Gasteiger partial charge in [0.15, 0.2) is 0 Å². The summed E-state index contributed by atoms with van der Waals surface area (Å²) in [7, 11) is 1.60. The van der Waals surface area contributed by atoms with Gasteiger partial charge in [0.2, 0.25) is 0 Å². The molecule has 0 bridgehead atoms. The van der Waals surface area contributed by atoms with E-state index in [0.717, 1.165) is 10.0 Å². The number of aliphatic hydroxyl groups is 1.